The Hall–Kier alpha value is -3.07. The second-order valence-electron chi connectivity index (χ2n) is 5.98. The third-order valence-corrected chi connectivity index (χ3v) is 4.10. The van der Waals surface area contributed by atoms with Crippen LogP contribution in [-0.2, 0) is 16.2 Å². The summed E-state index contributed by atoms with van der Waals surface area (Å²) in [5, 5.41) is 8.23. The molecule has 1 aromatic heterocycles. The Morgan fingerprint density at radius 3 is 2.92 bits per heavy atom. The minimum Gasteiger partial charge on any atom is -0.454 e. The zero-order valence-electron chi connectivity index (χ0n) is 14.0. The molecule has 9 nitrogen and oxygen atoms in total. The summed E-state index contributed by atoms with van der Waals surface area (Å²) < 4.78 is 12.0. The molecule has 1 N–H and O–H groups in total. The topological polar surface area (TPSA) is 94.9 Å². The maximum Gasteiger partial charge on any atom is 0.267 e. The normalized spacial score (nSPS) is 15.8. The predicted octanol–water partition coefficient (Wildman–Crippen LogP) is 1.42. The molecule has 136 valence electrons. The molecule has 0 spiro atoms. The fourth-order valence-corrected chi connectivity index (χ4v) is 2.77. The van der Waals surface area contributed by atoms with Gasteiger partial charge in [0.05, 0.1) is 18.5 Å². The molecule has 26 heavy (non-hydrogen) atoms. The van der Waals surface area contributed by atoms with Gasteiger partial charge in [0, 0.05) is 18.3 Å². The van der Waals surface area contributed by atoms with Crippen LogP contribution in [-0.4, -0.2) is 46.6 Å². The van der Waals surface area contributed by atoms with Gasteiger partial charge in [-0.3, -0.25) is 19.1 Å². The van der Waals surface area contributed by atoms with E-state index in [1.165, 1.54) is 15.9 Å². The van der Waals surface area contributed by atoms with Gasteiger partial charge in [-0.1, -0.05) is 0 Å². The van der Waals surface area contributed by atoms with Gasteiger partial charge in [0.2, 0.25) is 6.79 Å². The molecule has 2 amide bonds. The molecule has 0 atom stereocenters. The van der Waals surface area contributed by atoms with Crippen LogP contribution in [0.3, 0.4) is 0 Å². The number of carbonyl (C=O) groups excluding carboxylic acids is 2. The Labute approximate surface area is 149 Å². The molecule has 2 aliphatic rings. The van der Waals surface area contributed by atoms with E-state index in [1.807, 2.05) is 0 Å². The van der Waals surface area contributed by atoms with Crippen molar-refractivity contribution in [1.29, 1.82) is 0 Å². The summed E-state index contributed by atoms with van der Waals surface area (Å²) in [5.74, 6) is 0.697. The number of benzene rings is 1. The molecular weight excluding hydrogens is 340 g/mol. The Bertz CT molecular complexity index is 828. The minimum atomic E-state index is -0.298. The fourth-order valence-electron chi connectivity index (χ4n) is 2.77. The molecule has 0 unspecified atom stereocenters. The number of nitrogens with one attached hydrogen (secondary N) is 1. The van der Waals surface area contributed by atoms with Crippen LogP contribution in [0.1, 0.15) is 23.2 Å². The van der Waals surface area contributed by atoms with Crippen LogP contribution in [0.5, 0.6) is 11.5 Å². The van der Waals surface area contributed by atoms with Gasteiger partial charge in [-0.05, 0) is 31.0 Å². The molecule has 0 radical (unpaired) electrons. The molecule has 9 heteroatoms. The summed E-state index contributed by atoms with van der Waals surface area (Å²) in [4.78, 5) is 29.8. The average molecular weight is 358 g/mol. The number of hydrogen-bond acceptors (Lipinski definition) is 6. The van der Waals surface area contributed by atoms with Crippen molar-refractivity contribution in [2.24, 2.45) is 0 Å². The first-order valence-corrected chi connectivity index (χ1v) is 8.36. The van der Waals surface area contributed by atoms with Crippen molar-refractivity contribution in [2.45, 2.75) is 19.4 Å². The van der Waals surface area contributed by atoms with E-state index < -0.39 is 0 Å². The standard InChI is InChI=1S/C17H18N4O5/c22-16(21-5-1-2-6-26-21)10-20-9-13(8-18-20)19-17(23)12-3-4-14-15(7-12)25-11-24-14/h3-4,7-9H,1-2,5-6,10-11H2,(H,19,23). The van der Waals surface area contributed by atoms with E-state index in [0.29, 0.717) is 35.9 Å². The first-order chi connectivity index (χ1) is 12.7. The number of nitrogens with zero attached hydrogens (tertiary/aromatic N) is 3. The Morgan fingerprint density at radius 1 is 1.19 bits per heavy atom. The number of hydrogen-bond donors (Lipinski definition) is 1. The average Bonchev–Trinajstić information content (AvgIpc) is 3.31. The maximum atomic E-state index is 12.4. The van der Waals surface area contributed by atoms with Gasteiger partial charge >= 0.3 is 0 Å². The van der Waals surface area contributed by atoms with Gasteiger partial charge in [-0.25, -0.2) is 5.06 Å². The number of carbonyl (C=O) groups is 2. The van der Waals surface area contributed by atoms with Crippen molar-refractivity contribution < 1.29 is 23.9 Å². The van der Waals surface area contributed by atoms with Crippen molar-refractivity contribution in [3.63, 3.8) is 0 Å². The van der Waals surface area contributed by atoms with E-state index in [4.69, 9.17) is 14.3 Å². The molecular formula is C17H18N4O5. The van der Waals surface area contributed by atoms with Crippen LogP contribution < -0.4 is 14.8 Å². The van der Waals surface area contributed by atoms with Crippen molar-refractivity contribution in [3.05, 3.63) is 36.2 Å². The van der Waals surface area contributed by atoms with Crippen LogP contribution in [0.4, 0.5) is 5.69 Å². The van der Waals surface area contributed by atoms with E-state index in [9.17, 15) is 9.59 Å². The van der Waals surface area contributed by atoms with Gasteiger partial charge in [-0.2, -0.15) is 5.10 Å². The Balaban J connectivity index is 1.37. The molecule has 2 aliphatic heterocycles. The van der Waals surface area contributed by atoms with E-state index in [-0.39, 0.29) is 25.2 Å². The van der Waals surface area contributed by atoms with Crippen molar-refractivity contribution >= 4 is 17.5 Å². The second-order valence-corrected chi connectivity index (χ2v) is 5.98. The minimum absolute atomic E-state index is 0.0555. The largest absolute Gasteiger partial charge is 0.454 e. The van der Waals surface area contributed by atoms with Crippen molar-refractivity contribution in [1.82, 2.24) is 14.8 Å². The lowest BCUT2D eigenvalue weighted by molar-refractivity contribution is -0.197. The lowest BCUT2D eigenvalue weighted by atomic mass is 10.2. The highest BCUT2D eigenvalue weighted by Crippen LogP contribution is 2.32. The molecule has 3 heterocycles. The van der Waals surface area contributed by atoms with Crippen LogP contribution >= 0.6 is 0 Å². The zero-order chi connectivity index (χ0) is 17.9. The van der Waals surface area contributed by atoms with Crippen LogP contribution in [0.25, 0.3) is 0 Å². The fraction of sp³-hybridized carbons (Fsp3) is 0.353. The first-order valence-electron chi connectivity index (χ1n) is 8.36. The highest BCUT2D eigenvalue weighted by Gasteiger charge is 2.19. The summed E-state index contributed by atoms with van der Waals surface area (Å²) in [6.07, 6.45) is 4.99. The lowest BCUT2D eigenvalue weighted by Crippen LogP contribution is -2.37. The molecule has 1 fully saturated rings. The summed E-state index contributed by atoms with van der Waals surface area (Å²) >= 11 is 0. The van der Waals surface area contributed by atoms with Crippen LogP contribution in [0, 0.1) is 0 Å². The van der Waals surface area contributed by atoms with E-state index in [0.717, 1.165) is 12.8 Å². The summed E-state index contributed by atoms with van der Waals surface area (Å²) in [7, 11) is 0. The Morgan fingerprint density at radius 2 is 2.08 bits per heavy atom. The number of aromatic nitrogens is 2. The van der Waals surface area contributed by atoms with Gasteiger partial charge in [0.1, 0.15) is 6.54 Å². The Kier molecular flexibility index (Phi) is 4.44. The molecule has 0 saturated carbocycles. The number of ether oxygens (including phenoxy) is 2. The van der Waals surface area contributed by atoms with Gasteiger partial charge < -0.3 is 14.8 Å². The molecule has 0 bridgehead atoms. The van der Waals surface area contributed by atoms with E-state index in [2.05, 4.69) is 10.4 Å². The van der Waals surface area contributed by atoms with Gasteiger partial charge in [-0.15, -0.1) is 0 Å². The first kappa shape index (κ1) is 16.4. The number of hydroxylamine groups is 2. The van der Waals surface area contributed by atoms with Gasteiger partial charge in [0.25, 0.3) is 11.8 Å². The molecule has 4 rings (SSSR count). The van der Waals surface area contributed by atoms with Crippen LogP contribution in [0.2, 0.25) is 0 Å². The number of anilines is 1. The number of fused-ring (bicyclic) bond motifs is 1. The van der Waals surface area contributed by atoms with E-state index >= 15 is 0 Å². The monoisotopic (exact) mass is 358 g/mol. The number of rotatable bonds is 4. The van der Waals surface area contributed by atoms with Crippen molar-refractivity contribution in [2.75, 3.05) is 25.3 Å². The molecule has 0 aliphatic carbocycles. The summed E-state index contributed by atoms with van der Waals surface area (Å²) in [5.41, 5.74) is 0.944. The highest BCUT2D eigenvalue weighted by molar-refractivity contribution is 6.04. The quantitative estimate of drug-likeness (QED) is 0.888. The third kappa shape index (κ3) is 3.47. The zero-order valence-corrected chi connectivity index (χ0v) is 14.0. The molecule has 2 aromatic rings. The smallest absolute Gasteiger partial charge is 0.267 e. The predicted molar refractivity (Wildman–Crippen MR) is 89.6 cm³/mol. The molecule has 1 saturated heterocycles. The summed E-state index contributed by atoms with van der Waals surface area (Å²) in [6, 6.07) is 4.97. The third-order valence-electron chi connectivity index (χ3n) is 4.10. The molecule has 1 aromatic carbocycles. The summed E-state index contributed by atoms with van der Waals surface area (Å²) in [6.45, 7) is 1.36. The van der Waals surface area contributed by atoms with E-state index in [1.54, 1.807) is 24.4 Å². The number of amides is 2. The van der Waals surface area contributed by atoms with Crippen LogP contribution in [0.15, 0.2) is 30.6 Å². The highest BCUT2D eigenvalue weighted by atomic mass is 16.7. The second kappa shape index (κ2) is 7.04. The SMILES string of the molecule is O=C(Nc1cnn(CC(=O)N2CCCCO2)c1)c1ccc2c(c1)OCO2. The van der Waals surface area contributed by atoms with Crippen molar-refractivity contribution in [3.8, 4) is 11.5 Å². The lowest BCUT2D eigenvalue weighted by Gasteiger charge is -2.25. The van der Waals surface area contributed by atoms with Gasteiger partial charge in [0.15, 0.2) is 11.5 Å². The maximum absolute atomic E-state index is 12.4.